The fourth-order valence-corrected chi connectivity index (χ4v) is 8.55. The normalized spacial score (nSPS) is 20.0. The van der Waals surface area contributed by atoms with Gasteiger partial charge in [0.25, 0.3) is 0 Å². The SMILES string of the molecule is CN1CN(C2(c3ccc(C4(c5ccn[nH]5)c5ccccc5-c5cccnc54)cc3)c3ccccc3-c3cccnc32)c2ncccc21. The minimum Gasteiger partial charge on any atom is -0.354 e. The average molecular weight is 608 g/mol. The fourth-order valence-electron chi connectivity index (χ4n) is 8.55. The van der Waals surface area contributed by atoms with Crippen LogP contribution in [-0.2, 0) is 11.0 Å². The zero-order valence-corrected chi connectivity index (χ0v) is 25.7. The lowest BCUT2D eigenvalue weighted by Crippen LogP contribution is -2.49. The highest BCUT2D eigenvalue weighted by Crippen LogP contribution is 2.58. The molecule has 2 unspecified atom stereocenters. The van der Waals surface area contributed by atoms with E-state index in [0.29, 0.717) is 6.67 Å². The third kappa shape index (κ3) is 3.20. The first-order valence-electron chi connectivity index (χ1n) is 15.9. The molecule has 224 valence electrons. The van der Waals surface area contributed by atoms with E-state index in [4.69, 9.17) is 15.0 Å². The van der Waals surface area contributed by atoms with Gasteiger partial charge in [-0.05, 0) is 63.7 Å². The topological polar surface area (TPSA) is 73.8 Å². The number of rotatable bonds is 4. The standard InChI is InChI=1S/C40H29N7/c1-46-25-47(38-34(46)15-8-23-43-38)40(33-14-5-3-10-29(33)31-12-7-22-42-37(31)40)27-18-16-26(17-19-27)39(35-20-24-44-45-35)32-13-4-2-9-28(32)30-11-6-21-41-36(30)39/h2-24H,25H2,1H3,(H,44,45). The van der Waals surface area contributed by atoms with Crippen LogP contribution in [-0.4, -0.2) is 38.9 Å². The van der Waals surface area contributed by atoms with Crippen molar-refractivity contribution in [1.82, 2.24) is 25.1 Å². The molecule has 4 aromatic heterocycles. The van der Waals surface area contributed by atoms with Crippen LogP contribution < -0.4 is 9.80 Å². The summed E-state index contributed by atoms with van der Waals surface area (Å²) in [5.41, 5.74) is 12.1. The maximum absolute atomic E-state index is 5.15. The molecule has 7 aromatic rings. The molecular formula is C40H29N7. The van der Waals surface area contributed by atoms with Crippen LogP contribution in [0.3, 0.4) is 0 Å². The second-order valence-corrected chi connectivity index (χ2v) is 12.5. The second-order valence-electron chi connectivity index (χ2n) is 12.5. The Bertz CT molecular complexity index is 2240. The Morgan fingerprint density at radius 3 is 1.96 bits per heavy atom. The summed E-state index contributed by atoms with van der Waals surface area (Å²) in [6, 6.07) is 41.2. The van der Waals surface area contributed by atoms with Crippen molar-refractivity contribution in [2.24, 2.45) is 0 Å². The monoisotopic (exact) mass is 607 g/mol. The van der Waals surface area contributed by atoms with Gasteiger partial charge in [-0.3, -0.25) is 15.1 Å². The molecule has 0 fully saturated rings. The molecule has 0 bridgehead atoms. The van der Waals surface area contributed by atoms with Crippen molar-refractivity contribution in [3.05, 3.63) is 179 Å². The zero-order valence-electron chi connectivity index (χ0n) is 25.7. The molecule has 2 aliphatic carbocycles. The van der Waals surface area contributed by atoms with Crippen molar-refractivity contribution in [1.29, 1.82) is 0 Å². The van der Waals surface area contributed by atoms with Crippen LogP contribution in [0.5, 0.6) is 0 Å². The van der Waals surface area contributed by atoms with Gasteiger partial charge in [-0.25, -0.2) is 4.98 Å². The van der Waals surface area contributed by atoms with E-state index in [1.165, 1.54) is 22.3 Å². The van der Waals surface area contributed by atoms with E-state index in [2.05, 4.69) is 124 Å². The van der Waals surface area contributed by atoms with Crippen LogP contribution in [0.2, 0.25) is 0 Å². The summed E-state index contributed by atoms with van der Waals surface area (Å²) in [6.45, 7) is 0.668. The van der Waals surface area contributed by atoms with Crippen LogP contribution in [0.25, 0.3) is 22.3 Å². The molecule has 1 N–H and O–H groups in total. The van der Waals surface area contributed by atoms with Crippen molar-refractivity contribution in [2.75, 3.05) is 23.5 Å². The molecule has 2 atom stereocenters. The number of anilines is 2. The summed E-state index contributed by atoms with van der Waals surface area (Å²) in [5, 5.41) is 7.77. The quantitative estimate of drug-likeness (QED) is 0.229. The van der Waals surface area contributed by atoms with Crippen LogP contribution in [0.15, 0.2) is 140 Å². The van der Waals surface area contributed by atoms with Gasteiger partial charge in [-0.2, -0.15) is 5.10 Å². The number of hydrogen-bond acceptors (Lipinski definition) is 6. The largest absolute Gasteiger partial charge is 0.354 e. The zero-order chi connectivity index (χ0) is 31.2. The number of hydrogen-bond donors (Lipinski definition) is 1. The Morgan fingerprint density at radius 1 is 0.574 bits per heavy atom. The summed E-state index contributed by atoms with van der Waals surface area (Å²) < 4.78 is 0. The predicted molar refractivity (Wildman–Crippen MR) is 183 cm³/mol. The minimum absolute atomic E-state index is 0.652. The van der Waals surface area contributed by atoms with Crippen LogP contribution in [0, 0.1) is 0 Å². The lowest BCUT2D eigenvalue weighted by Gasteiger charge is -2.41. The molecule has 3 aromatic carbocycles. The smallest absolute Gasteiger partial charge is 0.154 e. The summed E-state index contributed by atoms with van der Waals surface area (Å²) in [5.74, 6) is 0.948. The molecular weight excluding hydrogens is 578 g/mol. The van der Waals surface area contributed by atoms with Gasteiger partial charge in [0, 0.05) is 43.0 Å². The molecule has 5 heterocycles. The first-order valence-corrected chi connectivity index (χ1v) is 15.9. The van der Waals surface area contributed by atoms with Gasteiger partial charge in [0.2, 0.25) is 0 Å². The molecule has 3 aliphatic rings. The van der Waals surface area contributed by atoms with Crippen LogP contribution >= 0.6 is 0 Å². The Hall–Kier alpha value is -6.08. The van der Waals surface area contributed by atoms with Crippen molar-refractivity contribution in [3.8, 4) is 22.3 Å². The van der Waals surface area contributed by atoms with Gasteiger partial charge < -0.3 is 9.80 Å². The Kier molecular flexibility index (Phi) is 5.27. The van der Waals surface area contributed by atoms with E-state index in [9.17, 15) is 0 Å². The number of nitrogens with zero attached hydrogens (tertiary/aromatic N) is 6. The Labute approximate surface area is 272 Å². The van der Waals surface area contributed by atoms with E-state index < -0.39 is 11.0 Å². The highest BCUT2D eigenvalue weighted by Gasteiger charge is 2.54. The van der Waals surface area contributed by atoms with Crippen molar-refractivity contribution >= 4 is 11.5 Å². The molecule has 7 heteroatoms. The molecule has 0 saturated heterocycles. The van der Waals surface area contributed by atoms with Crippen molar-refractivity contribution in [2.45, 2.75) is 11.0 Å². The van der Waals surface area contributed by atoms with E-state index in [1.807, 2.05) is 43.0 Å². The van der Waals surface area contributed by atoms with Crippen LogP contribution in [0.1, 0.15) is 39.3 Å². The predicted octanol–water partition coefficient (Wildman–Crippen LogP) is 7.14. The van der Waals surface area contributed by atoms with Gasteiger partial charge in [0.1, 0.15) is 11.0 Å². The summed E-state index contributed by atoms with van der Waals surface area (Å²) in [4.78, 5) is 19.9. The lowest BCUT2D eigenvalue weighted by atomic mass is 9.71. The number of aromatic amines is 1. The highest BCUT2D eigenvalue weighted by molar-refractivity contribution is 5.88. The number of aromatic nitrogens is 5. The van der Waals surface area contributed by atoms with Crippen LogP contribution in [0.4, 0.5) is 11.5 Å². The van der Waals surface area contributed by atoms with E-state index in [1.54, 1.807) is 0 Å². The first-order chi connectivity index (χ1) is 23.2. The van der Waals surface area contributed by atoms with Crippen molar-refractivity contribution in [3.63, 3.8) is 0 Å². The highest BCUT2D eigenvalue weighted by atomic mass is 15.4. The molecule has 7 nitrogen and oxygen atoms in total. The van der Waals surface area contributed by atoms with Gasteiger partial charge in [0.15, 0.2) is 5.82 Å². The third-order valence-corrected chi connectivity index (χ3v) is 10.4. The summed E-state index contributed by atoms with van der Waals surface area (Å²) >= 11 is 0. The molecule has 1 aliphatic heterocycles. The minimum atomic E-state index is -0.704. The van der Waals surface area contributed by atoms with E-state index in [-0.39, 0.29) is 0 Å². The summed E-state index contributed by atoms with van der Waals surface area (Å²) in [6.07, 6.45) is 7.53. The maximum Gasteiger partial charge on any atom is 0.154 e. The average Bonchev–Trinajstić information content (AvgIpc) is 3.91. The second kappa shape index (κ2) is 9.47. The van der Waals surface area contributed by atoms with Crippen molar-refractivity contribution < 1.29 is 0 Å². The van der Waals surface area contributed by atoms with Gasteiger partial charge >= 0.3 is 0 Å². The van der Waals surface area contributed by atoms with E-state index in [0.717, 1.165) is 50.8 Å². The number of nitrogens with one attached hydrogen (secondary N) is 1. The summed E-state index contributed by atoms with van der Waals surface area (Å²) in [7, 11) is 2.13. The number of fused-ring (bicyclic) bond motifs is 7. The molecule has 47 heavy (non-hydrogen) atoms. The molecule has 10 rings (SSSR count). The molecule has 0 spiro atoms. The van der Waals surface area contributed by atoms with Gasteiger partial charge in [-0.1, -0.05) is 84.9 Å². The number of pyridine rings is 3. The lowest BCUT2D eigenvalue weighted by molar-refractivity contribution is 0.564. The molecule has 0 saturated carbocycles. The third-order valence-electron chi connectivity index (χ3n) is 10.4. The van der Waals surface area contributed by atoms with Gasteiger partial charge in [0.05, 0.1) is 29.4 Å². The number of H-pyrrole nitrogens is 1. The molecule has 0 amide bonds. The van der Waals surface area contributed by atoms with E-state index >= 15 is 0 Å². The molecule has 0 radical (unpaired) electrons. The maximum atomic E-state index is 5.15. The van der Waals surface area contributed by atoms with Gasteiger partial charge in [-0.15, -0.1) is 0 Å². The number of benzene rings is 3. The fraction of sp³-hybridized carbons (Fsp3) is 0.100. The Morgan fingerprint density at radius 2 is 1.19 bits per heavy atom. The first kappa shape index (κ1) is 26.2. The Balaban J connectivity index is 1.25.